The maximum absolute atomic E-state index is 10.7. The fraction of sp³-hybridized carbons (Fsp3) is 0.444. The Labute approximate surface area is 71.8 Å². The summed E-state index contributed by atoms with van der Waals surface area (Å²) in [5, 5.41) is 3.26. The molecule has 1 aromatic rings. The van der Waals surface area contributed by atoms with Crippen molar-refractivity contribution in [1.29, 1.82) is 0 Å². The molecule has 1 aromatic heterocycles. The highest BCUT2D eigenvalue weighted by Gasteiger charge is 1.93. The minimum absolute atomic E-state index is 0.0525. The zero-order chi connectivity index (χ0) is 8.97. The van der Waals surface area contributed by atoms with Gasteiger partial charge in [-0.25, -0.2) is 0 Å². The minimum Gasteiger partial charge on any atom is -0.329 e. The van der Waals surface area contributed by atoms with Crippen LogP contribution in [0.2, 0.25) is 0 Å². The van der Waals surface area contributed by atoms with Crippen LogP contribution >= 0.6 is 0 Å². The number of H-pyrrole nitrogens is 1. The molecule has 1 rings (SSSR count). The Morgan fingerprint density at radius 1 is 1.50 bits per heavy atom. The first-order chi connectivity index (χ1) is 5.68. The Morgan fingerprint density at radius 3 is 2.75 bits per heavy atom. The van der Waals surface area contributed by atoms with Crippen LogP contribution < -0.4 is 10.9 Å². The summed E-state index contributed by atoms with van der Waals surface area (Å²) >= 11 is 0. The molecule has 0 unspecified atom stereocenters. The van der Waals surface area contributed by atoms with Gasteiger partial charge in [-0.15, -0.1) is 0 Å². The van der Waals surface area contributed by atoms with Crippen molar-refractivity contribution in [2.75, 3.05) is 0 Å². The Morgan fingerprint density at radius 2 is 2.25 bits per heavy atom. The van der Waals surface area contributed by atoms with E-state index in [9.17, 15) is 4.79 Å². The number of aromatic nitrogens is 1. The first-order valence-corrected chi connectivity index (χ1v) is 4.09. The van der Waals surface area contributed by atoms with Crippen molar-refractivity contribution in [2.45, 2.75) is 26.4 Å². The van der Waals surface area contributed by atoms with Crippen molar-refractivity contribution in [3.63, 3.8) is 0 Å². The van der Waals surface area contributed by atoms with Crippen LogP contribution in [-0.2, 0) is 6.54 Å². The molecule has 0 aliphatic carbocycles. The Balaban J connectivity index is 2.53. The normalized spacial score (nSPS) is 10.6. The second-order valence-electron chi connectivity index (χ2n) is 3.10. The summed E-state index contributed by atoms with van der Waals surface area (Å²) in [4.78, 5) is 13.3. The highest BCUT2D eigenvalue weighted by molar-refractivity contribution is 5.08. The highest BCUT2D eigenvalue weighted by Crippen LogP contribution is 1.92. The lowest BCUT2D eigenvalue weighted by molar-refractivity contribution is 0.588. The van der Waals surface area contributed by atoms with Crippen molar-refractivity contribution in [3.8, 4) is 0 Å². The molecular formula is C9H14N2O. The summed E-state index contributed by atoms with van der Waals surface area (Å²) < 4.78 is 0. The van der Waals surface area contributed by atoms with E-state index < -0.39 is 0 Å². The summed E-state index contributed by atoms with van der Waals surface area (Å²) in [6.07, 6.45) is 1.73. The van der Waals surface area contributed by atoms with Crippen molar-refractivity contribution in [2.24, 2.45) is 0 Å². The van der Waals surface area contributed by atoms with Crippen LogP contribution in [0.25, 0.3) is 0 Å². The Kier molecular flexibility index (Phi) is 3.05. The number of nitrogens with one attached hydrogen (secondary N) is 2. The standard InChI is InChI=1S/C9H14N2O/c1-7(2)10-5-8-3-4-9(12)11-6-8/h3-4,6-7,10H,5H2,1-2H3,(H,11,12). The third kappa shape index (κ3) is 2.88. The van der Waals surface area contributed by atoms with Gasteiger partial charge >= 0.3 is 0 Å². The number of hydrogen-bond acceptors (Lipinski definition) is 2. The fourth-order valence-corrected chi connectivity index (χ4v) is 0.875. The van der Waals surface area contributed by atoms with E-state index in [1.54, 1.807) is 6.20 Å². The van der Waals surface area contributed by atoms with Gasteiger partial charge < -0.3 is 10.3 Å². The van der Waals surface area contributed by atoms with E-state index in [0.29, 0.717) is 6.04 Å². The predicted molar refractivity (Wildman–Crippen MR) is 49.0 cm³/mol. The van der Waals surface area contributed by atoms with Crippen LogP contribution in [0.5, 0.6) is 0 Å². The van der Waals surface area contributed by atoms with Crippen molar-refractivity contribution >= 4 is 0 Å². The molecule has 2 N–H and O–H groups in total. The van der Waals surface area contributed by atoms with Crippen molar-refractivity contribution in [3.05, 3.63) is 34.2 Å². The lowest BCUT2D eigenvalue weighted by Crippen LogP contribution is -2.22. The van der Waals surface area contributed by atoms with Gasteiger partial charge in [0.25, 0.3) is 0 Å². The van der Waals surface area contributed by atoms with Crippen LogP contribution in [0.3, 0.4) is 0 Å². The molecule has 1 heterocycles. The van der Waals surface area contributed by atoms with Gasteiger partial charge in [0.1, 0.15) is 0 Å². The van der Waals surface area contributed by atoms with Crippen LogP contribution in [-0.4, -0.2) is 11.0 Å². The molecule has 3 heteroatoms. The van der Waals surface area contributed by atoms with Gasteiger partial charge in [-0.05, 0) is 5.56 Å². The first-order valence-electron chi connectivity index (χ1n) is 4.09. The summed E-state index contributed by atoms with van der Waals surface area (Å²) in [7, 11) is 0. The molecule has 0 fully saturated rings. The smallest absolute Gasteiger partial charge is 0.247 e. The van der Waals surface area contributed by atoms with Crippen LogP contribution in [0.4, 0.5) is 0 Å². The molecule has 0 aliphatic rings. The molecule has 0 bridgehead atoms. The monoisotopic (exact) mass is 166 g/mol. The Hall–Kier alpha value is -1.09. The average Bonchev–Trinajstić information content (AvgIpc) is 2.03. The van der Waals surface area contributed by atoms with Crippen LogP contribution in [0.15, 0.2) is 23.1 Å². The molecule has 0 aromatic carbocycles. The zero-order valence-corrected chi connectivity index (χ0v) is 7.42. The average molecular weight is 166 g/mol. The summed E-state index contributed by atoms with van der Waals surface area (Å²) in [6.45, 7) is 4.98. The van der Waals surface area contributed by atoms with E-state index in [4.69, 9.17) is 0 Å². The van der Waals surface area contributed by atoms with E-state index in [1.165, 1.54) is 6.07 Å². The van der Waals surface area contributed by atoms with E-state index >= 15 is 0 Å². The van der Waals surface area contributed by atoms with Gasteiger partial charge in [0.15, 0.2) is 0 Å². The van der Waals surface area contributed by atoms with Crippen LogP contribution in [0.1, 0.15) is 19.4 Å². The fourth-order valence-electron chi connectivity index (χ4n) is 0.875. The first kappa shape index (κ1) is 9.00. The predicted octanol–water partition coefficient (Wildman–Crippen LogP) is 0.873. The molecule has 0 saturated heterocycles. The van der Waals surface area contributed by atoms with Crippen LogP contribution in [0, 0.1) is 0 Å². The largest absolute Gasteiger partial charge is 0.329 e. The number of pyridine rings is 1. The topological polar surface area (TPSA) is 44.9 Å². The van der Waals surface area contributed by atoms with Crippen molar-refractivity contribution in [1.82, 2.24) is 10.3 Å². The van der Waals surface area contributed by atoms with Crippen molar-refractivity contribution < 1.29 is 0 Å². The molecule has 0 radical (unpaired) electrons. The van der Waals surface area contributed by atoms with Gasteiger partial charge in [0, 0.05) is 24.8 Å². The molecule has 0 amide bonds. The quantitative estimate of drug-likeness (QED) is 0.700. The highest BCUT2D eigenvalue weighted by atomic mass is 16.1. The second-order valence-corrected chi connectivity index (χ2v) is 3.10. The van der Waals surface area contributed by atoms with E-state index in [-0.39, 0.29) is 5.56 Å². The lowest BCUT2D eigenvalue weighted by Gasteiger charge is -2.06. The van der Waals surface area contributed by atoms with Gasteiger partial charge in [-0.1, -0.05) is 19.9 Å². The molecule has 66 valence electrons. The zero-order valence-electron chi connectivity index (χ0n) is 7.42. The summed E-state index contributed by atoms with van der Waals surface area (Å²) in [5.41, 5.74) is 1.05. The van der Waals surface area contributed by atoms with E-state index in [1.807, 2.05) is 6.07 Å². The van der Waals surface area contributed by atoms with Gasteiger partial charge in [0.2, 0.25) is 5.56 Å². The maximum atomic E-state index is 10.7. The molecule has 0 atom stereocenters. The number of hydrogen-bond donors (Lipinski definition) is 2. The molecule has 0 aliphatic heterocycles. The van der Waals surface area contributed by atoms with E-state index in [2.05, 4.69) is 24.1 Å². The molecule has 0 saturated carbocycles. The lowest BCUT2D eigenvalue weighted by atomic mass is 10.2. The molecule has 12 heavy (non-hydrogen) atoms. The van der Waals surface area contributed by atoms with Gasteiger partial charge in [0.05, 0.1) is 0 Å². The summed E-state index contributed by atoms with van der Waals surface area (Å²) in [5.74, 6) is 0. The second kappa shape index (κ2) is 4.07. The van der Waals surface area contributed by atoms with Gasteiger partial charge in [-0.2, -0.15) is 0 Å². The third-order valence-electron chi connectivity index (χ3n) is 1.56. The SMILES string of the molecule is CC(C)NCc1ccc(=O)[nH]c1. The Bertz CT molecular complexity index is 270. The molecule has 3 nitrogen and oxygen atoms in total. The molecular weight excluding hydrogens is 152 g/mol. The third-order valence-corrected chi connectivity index (χ3v) is 1.56. The summed E-state index contributed by atoms with van der Waals surface area (Å²) in [6, 6.07) is 3.84. The van der Waals surface area contributed by atoms with E-state index in [0.717, 1.165) is 12.1 Å². The molecule has 0 spiro atoms. The van der Waals surface area contributed by atoms with Gasteiger partial charge in [-0.3, -0.25) is 4.79 Å². The maximum Gasteiger partial charge on any atom is 0.247 e. The number of aromatic amines is 1. The number of rotatable bonds is 3. The minimum atomic E-state index is -0.0525.